The highest BCUT2D eigenvalue weighted by Gasteiger charge is 1.98. The normalized spacial score (nSPS) is 8.00. The average molecular weight is 110 g/mol. The second-order valence-corrected chi connectivity index (χ2v) is 1.41. The summed E-state index contributed by atoms with van der Waals surface area (Å²) < 4.78 is 12.1. The van der Waals surface area contributed by atoms with Gasteiger partial charge >= 0.3 is 0 Å². The van der Waals surface area contributed by atoms with Crippen LogP contribution >= 0.6 is 0 Å². The molecule has 1 heteroatoms. The highest BCUT2D eigenvalue weighted by atomic mass is 19.1. The number of rotatable bonds is 2. The van der Waals surface area contributed by atoms with Crippen molar-refractivity contribution in [2.24, 2.45) is 0 Å². The average Bonchev–Trinajstić information content (AvgIpc) is 1.68. The Morgan fingerprint density at radius 2 is 1.62 bits per heavy atom. The Balaban J connectivity index is 3.25. The maximum absolute atomic E-state index is 12.1. The monoisotopic (exact) mass is 110 g/mol. The van der Waals surface area contributed by atoms with Crippen LogP contribution in [0.1, 0.15) is 12.8 Å². The molecule has 0 aliphatic heterocycles. The van der Waals surface area contributed by atoms with Crippen LogP contribution in [0.15, 0.2) is 0 Å². The Labute approximate surface area is 49.1 Å². The highest BCUT2D eigenvalue weighted by molar-refractivity contribution is 4.93. The van der Waals surface area contributed by atoms with Crippen molar-refractivity contribution in [1.82, 2.24) is 0 Å². The van der Waals surface area contributed by atoms with Crippen molar-refractivity contribution in [2.45, 2.75) is 19.0 Å². The van der Waals surface area contributed by atoms with E-state index in [1.54, 1.807) is 0 Å². The standard InChI is InChI=1S/C7H7F/c1-3-5-7(8)6-4-2/h1-2,7H,5-6H2. The molecule has 0 bridgehead atoms. The van der Waals surface area contributed by atoms with E-state index in [2.05, 4.69) is 11.8 Å². The van der Waals surface area contributed by atoms with E-state index in [-0.39, 0.29) is 12.8 Å². The van der Waals surface area contributed by atoms with Crippen LogP contribution in [0.3, 0.4) is 0 Å². The lowest BCUT2D eigenvalue weighted by molar-refractivity contribution is 0.347. The van der Waals surface area contributed by atoms with Crippen LogP contribution in [0, 0.1) is 24.7 Å². The molecule has 42 valence electrons. The van der Waals surface area contributed by atoms with E-state index in [1.165, 1.54) is 0 Å². The molecule has 0 aromatic carbocycles. The predicted octanol–water partition coefficient (Wildman–Crippen LogP) is 1.37. The topological polar surface area (TPSA) is 0 Å². The summed E-state index contributed by atoms with van der Waals surface area (Å²) in [6, 6.07) is 0. The molecule has 0 N–H and O–H groups in total. The number of alkyl halides is 1. The largest absolute Gasteiger partial charge is 0.245 e. The van der Waals surface area contributed by atoms with Gasteiger partial charge in [-0.15, -0.1) is 24.7 Å². The second kappa shape index (κ2) is 4.22. The van der Waals surface area contributed by atoms with Crippen molar-refractivity contribution in [3.8, 4) is 24.7 Å². The quantitative estimate of drug-likeness (QED) is 0.471. The van der Waals surface area contributed by atoms with E-state index in [4.69, 9.17) is 12.8 Å². The van der Waals surface area contributed by atoms with Crippen molar-refractivity contribution in [3.05, 3.63) is 0 Å². The van der Waals surface area contributed by atoms with Gasteiger partial charge in [-0.05, 0) is 0 Å². The maximum Gasteiger partial charge on any atom is 0.122 e. The molecule has 0 amide bonds. The van der Waals surface area contributed by atoms with E-state index in [0.717, 1.165) is 0 Å². The first-order valence-corrected chi connectivity index (χ1v) is 2.32. The van der Waals surface area contributed by atoms with Crippen LogP contribution in [0.2, 0.25) is 0 Å². The van der Waals surface area contributed by atoms with Gasteiger partial charge in [-0.3, -0.25) is 0 Å². The first-order chi connectivity index (χ1) is 3.81. The number of hydrogen-bond donors (Lipinski definition) is 0. The third-order valence-corrected chi connectivity index (χ3v) is 0.679. The SMILES string of the molecule is C#CCC(F)CC#C. The van der Waals surface area contributed by atoms with Crippen molar-refractivity contribution in [3.63, 3.8) is 0 Å². The summed E-state index contributed by atoms with van der Waals surface area (Å²) in [5.74, 6) is 4.36. The Morgan fingerprint density at radius 3 is 1.88 bits per heavy atom. The van der Waals surface area contributed by atoms with Crippen molar-refractivity contribution < 1.29 is 4.39 Å². The van der Waals surface area contributed by atoms with Gasteiger partial charge in [-0.1, -0.05) is 0 Å². The lowest BCUT2D eigenvalue weighted by Gasteiger charge is -1.93. The third-order valence-electron chi connectivity index (χ3n) is 0.679. The Morgan fingerprint density at radius 1 is 1.25 bits per heavy atom. The van der Waals surface area contributed by atoms with Gasteiger partial charge in [0, 0.05) is 12.8 Å². The van der Waals surface area contributed by atoms with Crippen LogP contribution in [0.4, 0.5) is 4.39 Å². The summed E-state index contributed by atoms with van der Waals surface area (Å²) in [6.07, 6.45) is 8.85. The zero-order valence-corrected chi connectivity index (χ0v) is 4.52. The van der Waals surface area contributed by atoms with Gasteiger partial charge in [0.05, 0.1) is 0 Å². The predicted molar refractivity (Wildman–Crippen MR) is 31.8 cm³/mol. The molecule has 0 aromatic rings. The number of terminal acetylenes is 2. The summed E-state index contributed by atoms with van der Waals surface area (Å²) >= 11 is 0. The molecule has 0 unspecified atom stereocenters. The smallest absolute Gasteiger partial charge is 0.122 e. The van der Waals surface area contributed by atoms with E-state index in [1.807, 2.05) is 0 Å². The molecule has 0 atom stereocenters. The Hall–Kier alpha value is -0.950. The van der Waals surface area contributed by atoms with Gasteiger partial charge in [0.1, 0.15) is 6.17 Å². The summed E-state index contributed by atoms with van der Waals surface area (Å²) in [7, 11) is 0. The lowest BCUT2D eigenvalue weighted by Crippen LogP contribution is -1.94. The van der Waals surface area contributed by atoms with Crippen LogP contribution in [0.25, 0.3) is 0 Å². The molecule has 0 rings (SSSR count). The van der Waals surface area contributed by atoms with Crippen molar-refractivity contribution in [1.29, 1.82) is 0 Å². The van der Waals surface area contributed by atoms with Gasteiger partial charge in [0.15, 0.2) is 0 Å². The summed E-state index contributed by atoms with van der Waals surface area (Å²) in [5.41, 5.74) is 0. The minimum atomic E-state index is -1.01. The van der Waals surface area contributed by atoms with Gasteiger partial charge in [-0.25, -0.2) is 4.39 Å². The lowest BCUT2D eigenvalue weighted by atomic mass is 10.2. The molecule has 0 saturated carbocycles. The fraction of sp³-hybridized carbons (Fsp3) is 0.429. The minimum Gasteiger partial charge on any atom is -0.245 e. The molecule has 0 fully saturated rings. The Bertz CT molecular complexity index is 108. The summed E-state index contributed by atoms with van der Waals surface area (Å²) in [5, 5.41) is 0. The van der Waals surface area contributed by atoms with E-state index < -0.39 is 6.17 Å². The minimum absolute atomic E-state index is 0.129. The highest BCUT2D eigenvalue weighted by Crippen LogP contribution is 1.99. The maximum atomic E-state index is 12.1. The van der Waals surface area contributed by atoms with E-state index in [0.29, 0.717) is 0 Å². The first-order valence-electron chi connectivity index (χ1n) is 2.32. The fourth-order valence-corrected chi connectivity index (χ4v) is 0.328. The van der Waals surface area contributed by atoms with Crippen LogP contribution in [-0.2, 0) is 0 Å². The van der Waals surface area contributed by atoms with Gasteiger partial charge in [-0.2, -0.15) is 0 Å². The Kier molecular flexibility index (Phi) is 3.71. The summed E-state index contributed by atoms with van der Waals surface area (Å²) in [6.45, 7) is 0. The molecule has 0 radical (unpaired) electrons. The zero-order chi connectivity index (χ0) is 6.41. The van der Waals surface area contributed by atoms with E-state index in [9.17, 15) is 4.39 Å². The van der Waals surface area contributed by atoms with E-state index >= 15 is 0 Å². The second-order valence-electron chi connectivity index (χ2n) is 1.41. The molecule has 0 spiro atoms. The zero-order valence-electron chi connectivity index (χ0n) is 4.52. The van der Waals surface area contributed by atoms with Crippen molar-refractivity contribution >= 4 is 0 Å². The van der Waals surface area contributed by atoms with Gasteiger partial charge < -0.3 is 0 Å². The van der Waals surface area contributed by atoms with Gasteiger partial charge in [0.25, 0.3) is 0 Å². The molecule has 0 nitrogen and oxygen atoms in total. The van der Waals surface area contributed by atoms with Crippen LogP contribution in [-0.4, -0.2) is 6.17 Å². The molecule has 0 aromatic heterocycles. The van der Waals surface area contributed by atoms with Crippen molar-refractivity contribution in [2.75, 3.05) is 0 Å². The molecule has 0 saturated heterocycles. The molecule has 0 aliphatic rings. The summed E-state index contributed by atoms with van der Waals surface area (Å²) in [4.78, 5) is 0. The molecule has 0 heterocycles. The van der Waals surface area contributed by atoms with Crippen LogP contribution < -0.4 is 0 Å². The first kappa shape index (κ1) is 7.05. The van der Waals surface area contributed by atoms with Gasteiger partial charge in [0.2, 0.25) is 0 Å². The third kappa shape index (κ3) is 3.25. The molecular weight excluding hydrogens is 103 g/mol. The molecule has 0 aliphatic carbocycles. The molecular formula is C7H7F. The molecule has 8 heavy (non-hydrogen) atoms. The van der Waals surface area contributed by atoms with Crippen LogP contribution in [0.5, 0.6) is 0 Å². The number of halogens is 1. The number of hydrogen-bond acceptors (Lipinski definition) is 0. The fourth-order valence-electron chi connectivity index (χ4n) is 0.328.